The molecule has 0 spiro atoms. The lowest BCUT2D eigenvalue weighted by Crippen LogP contribution is -2.36. The van der Waals surface area contributed by atoms with Gasteiger partial charge in [-0.3, -0.25) is 4.79 Å². The number of carbonyl (C=O) groups excluding carboxylic acids is 2. The van der Waals surface area contributed by atoms with E-state index in [-0.39, 0.29) is 12.7 Å². The minimum Gasteiger partial charge on any atom is -0.457 e. The van der Waals surface area contributed by atoms with Crippen LogP contribution in [0.1, 0.15) is 54.4 Å². The number of allylic oxidation sites excluding steroid dienone is 1. The number of esters is 1. The normalized spacial score (nSPS) is 19.4. The Labute approximate surface area is 121 Å². The van der Waals surface area contributed by atoms with Crippen LogP contribution in [0.4, 0.5) is 0 Å². The summed E-state index contributed by atoms with van der Waals surface area (Å²) in [4.78, 5) is 22.0. The third-order valence-electron chi connectivity index (χ3n) is 3.46. The van der Waals surface area contributed by atoms with Crippen LogP contribution in [0.25, 0.3) is 0 Å². The predicted octanol–water partition coefficient (Wildman–Crippen LogP) is 3.05. The summed E-state index contributed by atoms with van der Waals surface area (Å²) in [7, 11) is 0. The topological polar surface area (TPSA) is 52.6 Å². The molecule has 20 heavy (non-hydrogen) atoms. The van der Waals surface area contributed by atoms with Gasteiger partial charge in [-0.05, 0) is 44.6 Å². The molecule has 0 aromatic carbocycles. The molecule has 114 valence electrons. The van der Waals surface area contributed by atoms with Crippen molar-refractivity contribution in [1.82, 2.24) is 0 Å². The maximum atomic E-state index is 11.2. The predicted molar refractivity (Wildman–Crippen MR) is 77.4 cm³/mol. The van der Waals surface area contributed by atoms with Crippen LogP contribution in [0.5, 0.6) is 0 Å². The maximum absolute atomic E-state index is 11.2. The number of hydrogen-bond donors (Lipinski definition) is 0. The molecule has 0 saturated carbocycles. The van der Waals surface area contributed by atoms with Crippen LogP contribution >= 0.6 is 0 Å². The van der Waals surface area contributed by atoms with Crippen molar-refractivity contribution in [3.05, 3.63) is 11.6 Å². The molecule has 0 bridgehead atoms. The fourth-order valence-electron chi connectivity index (χ4n) is 2.34. The van der Waals surface area contributed by atoms with Crippen molar-refractivity contribution < 1.29 is 19.1 Å². The van der Waals surface area contributed by atoms with Crippen LogP contribution in [-0.2, 0) is 19.1 Å². The first-order valence-corrected chi connectivity index (χ1v) is 7.07. The molecular weight excluding hydrogens is 256 g/mol. The molecule has 1 rings (SSSR count). The highest BCUT2D eigenvalue weighted by atomic mass is 16.6. The van der Waals surface area contributed by atoms with Crippen LogP contribution in [0.3, 0.4) is 0 Å². The van der Waals surface area contributed by atoms with Gasteiger partial charge in [-0.2, -0.15) is 0 Å². The molecule has 4 nitrogen and oxygen atoms in total. The van der Waals surface area contributed by atoms with E-state index in [4.69, 9.17) is 9.47 Å². The molecule has 0 heterocycles. The minimum absolute atomic E-state index is 0.0113. The highest BCUT2D eigenvalue weighted by Gasteiger charge is 2.31. The van der Waals surface area contributed by atoms with Crippen molar-refractivity contribution in [3.63, 3.8) is 0 Å². The molecule has 1 unspecified atom stereocenters. The average Bonchev–Trinajstić information content (AvgIpc) is 2.66. The van der Waals surface area contributed by atoms with Gasteiger partial charge in [-0.25, -0.2) is 4.79 Å². The molecule has 0 aliphatic heterocycles. The fraction of sp³-hybridized carbons (Fsp3) is 0.750. The molecule has 0 fully saturated rings. The largest absolute Gasteiger partial charge is 0.457 e. The number of hydrogen-bond acceptors (Lipinski definition) is 4. The van der Waals surface area contributed by atoms with Gasteiger partial charge in [0.15, 0.2) is 0 Å². The van der Waals surface area contributed by atoms with Gasteiger partial charge in [0.2, 0.25) is 5.78 Å². The van der Waals surface area contributed by atoms with Crippen molar-refractivity contribution >= 4 is 11.8 Å². The number of rotatable bonds is 6. The summed E-state index contributed by atoms with van der Waals surface area (Å²) in [5, 5.41) is 0. The third-order valence-corrected chi connectivity index (χ3v) is 3.46. The Hall–Kier alpha value is -1.16. The molecule has 0 aromatic heterocycles. The van der Waals surface area contributed by atoms with Crippen LogP contribution in [-0.4, -0.2) is 30.1 Å². The van der Waals surface area contributed by atoms with Gasteiger partial charge in [-0.15, -0.1) is 0 Å². The van der Waals surface area contributed by atoms with E-state index in [2.05, 4.69) is 19.9 Å². The Balaban J connectivity index is 2.50. The first kappa shape index (κ1) is 16.9. The van der Waals surface area contributed by atoms with E-state index in [0.29, 0.717) is 5.41 Å². The second-order valence-corrected chi connectivity index (χ2v) is 6.98. The number of ketones is 1. The minimum atomic E-state index is -0.810. The lowest BCUT2D eigenvalue weighted by molar-refractivity contribution is -0.161. The Kier molecular flexibility index (Phi) is 5.14. The zero-order chi connectivity index (χ0) is 15.6. The molecule has 0 N–H and O–H groups in total. The Morgan fingerprint density at radius 2 is 2.00 bits per heavy atom. The first-order valence-electron chi connectivity index (χ1n) is 7.07. The molecule has 0 saturated heterocycles. The number of ether oxygens (including phenoxy) is 2. The average molecular weight is 282 g/mol. The van der Waals surface area contributed by atoms with Crippen LogP contribution < -0.4 is 0 Å². The van der Waals surface area contributed by atoms with Gasteiger partial charge in [0.1, 0.15) is 6.61 Å². The first-order chi connectivity index (χ1) is 9.02. The molecule has 1 aliphatic rings. The van der Waals surface area contributed by atoms with Crippen LogP contribution in [0.15, 0.2) is 11.6 Å². The van der Waals surface area contributed by atoms with E-state index in [1.54, 1.807) is 0 Å². The van der Waals surface area contributed by atoms with E-state index in [9.17, 15) is 9.59 Å². The molecule has 0 amide bonds. The third kappa shape index (κ3) is 5.08. The van der Waals surface area contributed by atoms with E-state index in [1.807, 2.05) is 20.8 Å². The van der Waals surface area contributed by atoms with Gasteiger partial charge < -0.3 is 9.47 Å². The molecule has 4 heteroatoms. The van der Waals surface area contributed by atoms with Crippen molar-refractivity contribution in [2.24, 2.45) is 5.41 Å². The fourth-order valence-corrected chi connectivity index (χ4v) is 2.34. The monoisotopic (exact) mass is 282 g/mol. The standard InChI is InChI=1S/C16H26O4/c1-11(17)14(18)19-10-16(5,6)20-12(2)13-7-8-15(3,4)9-13/h7,12H,8-10H2,1-6H3. The lowest BCUT2D eigenvalue weighted by Gasteiger charge is -2.30. The molecule has 0 radical (unpaired) electrons. The summed E-state index contributed by atoms with van der Waals surface area (Å²) in [6.45, 7) is 11.5. The van der Waals surface area contributed by atoms with E-state index in [1.165, 1.54) is 12.5 Å². The quantitative estimate of drug-likeness (QED) is 0.427. The van der Waals surface area contributed by atoms with Crippen molar-refractivity contribution in [2.75, 3.05) is 6.61 Å². The SMILES string of the molecule is CC(=O)C(=O)OCC(C)(C)OC(C)C1=CCC(C)(C)C1. The van der Waals surface area contributed by atoms with Gasteiger partial charge in [0.05, 0.1) is 11.7 Å². The Morgan fingerprint density at radius 1 is 1.40 bits per heavy atom. The zero-order valence-corrected chi connectivity index (χ0v) is 13.4. The molecule has 1 aliphatic carbocycles. The summed E-state index contributed by atoms with van der Waals surface area (Å²) in [6, 6.07) is 0. The highest BCUT2D eigenvalue weighted by Crippen LogP contribution is 2.38. The summed E-state index contributed by atoms with van der Waals surface area (Å²) >= 11 is 0. The van der Waals surface area contributed by atoms with Crippen molar-refractivity contribution in [3.8, 4) is 0 Å². The lowest BCUT2D eigenvalue weighted by atomic mass is 9.89. The van der Waals surface area contributed by atoms with E-state index < -0.39 is 17.4 Å². The van der Waals surface area contributed by atoms with Gasteiger partial charge >= 0.3 is 5.97 Å². The number of Topliss-reactive ketones (excluding diaryl/α,β-unsaturated/α-hetero) is 1. The van der Waals surface area contributed by atoms with Gasteiger partial charge in [0, 0.05) is 6.92 Å². The van der Waals surface area contributed by atoms with Crippen molar-refractivity contribution in [1.29, 1.82) is 0 Å². The van der Waals surface area contributed by atoms with Gasteiger partial charge in [0.25, 0.3) is 0 Å². The highest BCUT2D eigenvalue weighted by molar-refractivity contribution is 6.32. The second-order valence-electron chi connectivity index (χ2n) is 6.98. The number of carbonyl (C=O) groups is 2. The van der Waals surface area contributed by atoms with Crippen molar-refractivity contribution in [2.45, 2.75) is 66.1 Å². The Bertz CT molecular complexity index is 418. The van der Waals surface area contributed by atoms with Gasteiger partial charge in [-0.1, -0.05) is 19.9 Å². The second kappa shape index (κ2) is 6.08. The van der Waals surface area contributed by atoms with Crippen LogP contribution in [0, 0.1) is 5.41 Å². The zero-order valence-electron chi connectivity index (χ0n) is 13.4. The summed E-state index contributed by atoms with van der Waals surface area (Å²) in [6.07, 6.45) is 4.32. The van der Waals surface area contributed by atoms with E-state index in [0.717, 1.165) is 12.8 Å². The summed E-state index contributed by atoms with van der Waals surface area (Å²) in [5.74, 6) is -1.40. The summed E-state index contributed by atoms with van der Waals surface area (Å²) < 4.78 is 10.9. The molecule has 1 atom stereocenters. The summed E-state index contributed by atoms with van der Waals surface area (Å²) in [5.41, 5.74) is 0.983. The smallest absolute Gasteiger partial charge is 0.374 e. The molecular formula is C16H26O4. The molecule has 0 aromatic rings. The Morgan fingerprint density at radius 3 is 2.45 bits per heavy atom. The van der Waals surface area contributed by atoms with E-state index >= 15 is 0 Å². The van der Waals surface area contributed by atoms with Crippen LogP contribution in [0.2, 0.25) is 0 Å². The maximum Gasteiger partial charge on any atom is 0.374 e.